The molecule has 318 valence electrons. The minimum atomic E-state index is -0.679. The fourth-order valence-electron chi connectivity index (χ4n) is 10.5. The van der Waals surface area contributed by atoms with Crippen LogP contribution in [0.3, 0.4) is 0 Å². The van der Waals surface area contributed by atoms with E-state index in [1.807, 2.05) is 36.1 Å². The largest absolute Gasteiger partial charge is 0.493 e. The van der Waals surface area contributed by atoms with Crippen LogP contribution in [0.2, 0.25) is 0 Å². The molecule has 1 N–H and O–H groups in total. The van der Waals surface area contributed by atoms with Gasteiger partial charge in [0.2, 0.25) is 13.1 Å². The van der Waals surface area contributed by atoms with Crippen molar-refractivity contribution in [1.29, 1.82) is 0 Å². The number of methoxy groups -OCH3 is 4. The fourth-order valence-corrected chi connectivity index (χ4v) is 10.5. The number of ether oxygens (including phenoxy) is 8. The first-order chi connectivity index (χ1) is 28.8. The summed E-state index contributed by atoms with van der Waals surface area (Å²) in [5, 5.41) is 9.89. The van der Waals surface area contributed by atoms with E-state index in [0.717, 1.165) is 67.0 Å². The summed E-state index contributed by atoms with van der Waals surface area (Å²) >= 11 is 0. The number of hydrogen-bond acceptors (Lipinski definition) is 11. The first-order valence-corrected chi connectivity index (χ1v) is 21.4. The molecule has 1 amide bonds. The van der Waals surface area contributed by atoms with Crippen LogP contribution in [0.25, 0.3) is 0 Å². The Kier molecular flexibility index (Phi) is 12.5. The maximum atomic E-state index is 15.3. The number of fused-ring (bicyclic) bond motifs is 5. The van der Waals surface area contributed by atoms with Gasteiger partial charge in [0, 0.05) is 50.7 Å². The summed E-state index contributed by atoms with van der Waals surface area (Å²) in [7, 11) is 6.72. The van der Waals surface area contributed by atoms with Gasteiger partial charge in [0.25, 0.3) is 5.91 Å². The number of amides is 1. The van der Waals surface area contributed by atoms with Crippen molar-refractivity contribution in [3.05, 3.63) is 82.1 Å². The lowest BCUT2D eigenvalue weighted by atomic mass is 9.72. The molecular weight excluding hydrogens is 753 g/mol. The van der Waals surface area contributed by atoms with Gasteiger partial charge in [-0.05, 0) is 128 Å². The molecule has 59 heavy (non-hydrogen) atoms. The van der Waals surface area contributed by atoms with Gasteiger partial charge in [0.15, 0.2) is 40.3 Å². The molecule has 0 spiro atoms. The maximum absolute atomic E-state index is 15.3. The van der Waals surface area contributed by atoms with Gasteiger partial charge in [-0.25, -0.2) is 0 Å². The lowest BCUT2D eigenvalue weighted by molar-refractivity contribution is -0.171. The fraction of sp³-hybridized carbons (Fsp3) is 0.553. The second-order valence-electron chi connectivity index (χ2n) is 16.4. The lowest BCUT2D eigenvalue weighted by Crippen LogP contribution is -2.48. The van der Waals surface area contributed by atoms with Crippen molar-refractivity contribution in [2.24, 2.45) is 17.8 Å². The highest BCUT2D eigenvalue weighted by molar-refractivity contribution is 5.92. The third-order valence-corrected chi connectivity index (χ3v) is 13.5. The Morgan fingerprint density at radius 3 is 2.20 bits per heavy atom. The van der Waals surface area contributed by atoms with Gasteiger partial charge in [-0.15, -0.1) is 0 Å². The van der Waals surface area contributed by atoms with Crippen molar-refractivity contribution in [3.8, 4) is 34.5 Å². The van der Waals surface area contributed by atoms with Crippen molar-refractivity contribution in [3.63, 3.8) is 0 Å². The van der Waals surface area contributed by atoms with Gasteiger partial charge in [-0.2, -0.15) is 0 Å². The molecule has 3 aromatic carbocycles. The number of carbonyl (C=O) groups is 1. The van der Waals surface area contributed by atoms with Gasteiger partial charge in [0.05, 0.1) is 34.5 Å². The van der Waals surface area contributed by atoms with Gasteiger partial charge < -0.3 is 47.9 Å². The molecule has 0 bridgehead atoms. The number of nitrogens with zero attached hydrogens (tertiary/aromatic N) is 2. The molecule has 0 saturated carbocycles. The molecule has 7 atom stereocenters. The number of piperidine rings is 1. The van der Waals surface area contributed by atoms with Crippen molar-refractivity contribution < 1.29 is 47.8 Å². The molecule has 8 rings (SSSR count). The van der Waals surface area contributed by atoms with E-state index in [0.29, 0.717) is 67.2 Å². The number of aliphatic hydroxyl groups excluding tert-OH is 1. The summed E-state index contributed by atoms with van der Waals surface area (Å²) in [5.74, 6) is 4.76. The summed E-state index contributed by atoms with van der Waals surface area (Å²) in [4.78, 5) is 20.0. The molecule has 0 unspecified atom stereocenters. The van der Waals surface area contributed by atoms with Gasteiger partial charge in [0.1, 0.15) is 0 Å². The summed E-state index contributed by atoms with van der Waals surface area (Å²) in [6.07, 6.45) is 6.96. The Balaban J connectivity index is 1.17. The Hall–Kier alpha value is -4.65. The minimum Gasteiger partial charge on any atom is -0.493 e. The molecule has 1 saturated heterocycles. The first-order valence-electron chi connectivity index (χ1n) is 21.4. The van der Waals surface area contributed by atoms with E-state index in [1.54, 1.807) is 28.4 Å². The predicted molar refractivity (Wildman–Crippen MR) is 221 cm³/mol. The SMILES string of the molecule is CCO[C@H]1OC(C(=O)N2CCc3cc(OC)c(OC)cc3[C@H]2C[C@H]2C[C@H]3c4cc(OC)c(OC)cc4CCN3C[C@@H]2CC)=C[C@@H](c2ccc3c(c2)OCO3)[C@@H]1CCCO. The van der Waals surface area contributed by atoms with Gasteiger partial charge >= 0.3 is 0 Å². The van der Waals surface area contributed by atoms with E-state index in [2.05, 4.69) is 36.1 Å². The maximum Gasteiger partial charge on any atom is 0.289 e. The molecule has 3 aromatic rings. The number of aliphatic hydroxyl groups is 1. The molecule has 0 aliphatic carbocycles. The number of rotatable bonds is 14. The minimum absolute atomic E-state index is 0.0493. The Morgan fingerprint density at radius 1 is 0.831 bits per heavy atom. The van der Waals surface area contributed by atoms with Crippen molar-refractivity contribution in [2.75, 3.05) is 68.1 Å². The van der Waals surface area contributed by atoms with Crippen LogP contribution in [0, 0.1) is 17.8 Å². The van der Waals surface area contributed by atoms with Gasteiger partial charge in [-0.1, -0.05) is 19.4 Å². The summed E-state index contributed by atoms with van der Waals surface area (Å²) in [5.41, 5.74) is 5.85. The highest BCUT2D eigenvalue weighted by atomic mass is 16.7. The number of carbonyl (C=O) groups excluding carboxylic acids is 1. The zero-order chi connectivity index (χ0) is 41.2. The van der Waals surface area contributed by atoms with Crippen LogP contribution in [0.15, 0.2) is 54.3 Å². The first kappa shape index (κ1) is 41.1. The molecular formula is C47H60N2O10. The van der Waals surface area contributed by atoms with Crippen molar-refractivity contribution in [1.82, 2.24) is 9.80 Å². The second-order valence-corrected chi connectivity index (χ2v) is 16.4. The topological polar surface area (TPSA) is 118 Å². The summed E-state index contributed by atoms with van der Waals surface area (Å²) in [6, 6.07) is 14.5. The Morgan fingerprint density at radius 2 is 1.51 bits per heavy atom. The van der Waals surface area contributed by atoms with Crippen molar-refractivity contribution >= 4 is 5.91 Å². The molecule has 5 aliphatic heterocycles. The standard InChI is InChI=1S/C47H60N2O10/c1-7-28-26-48-15-13-30-20-40(52-3)42(54-5)24-35(30)37(48)18-32(28)19-38-36-25-43(55-6)41(53-4)21-31(36)14-16-49(38)46(51)45-23-34(29-11-12-39-44(22-29)58-27-57-39)33(10-9-17-50)47(59-45)56-8-2/h11-12,20-25,28,32-34,37-38,47,50H,7-10,13-19,26-27H2,1-6H3/t28-,32+,33-,34-,37-,38+,47-/m0/s1. The third-order valence-electron chi connectivity index (χ3n) is 13.5. The van der Waals surface area contributed by atoms with E-state index >= 15 is 4.79 Å². The number of hydrogen-bond donors (Lipinski definition) is 1. The van der Waals surface area contributed by atoms with E-state index in [-0.39, 0.29) is 49.0 Å². The van der Waals surface area contributed by atoms with Crippen LogP contribution >= 0.6 is 0 Å². The van der Waals surface area contributed by atoms with E-state index < -0.39 is 6.29 Å². The highest BCUT2D eigenvalue weighted by Crippen LogP contribution is 2.50. The normalized spacial score (nSPS) is 25.8. The van der Waals surface area contributed by atoms with E-state index in [9.17, 15) is 5.11 Å². The molecule has 0 radical (unpaired) electrons. The van der Waals surface area contributed by atoms with Crippen LogP contribution in [-0.4, -0.2) is 95.2 Å². The molecule has 12 heteroatoms. The molecule has 12 nitrogen and oxygen atoms in total. The van der Waals surface area contributed by atoms with Crippen molar-refractivity contribution in [2.45, 2.75) is 83.1 Å². The quantitative estimate of drug-likeness (QED) is 0.176. The molecule has 0 aromatic heterocycles. The van der Waals surface area contributed by atoms with E-state index in [4.69, 9.17) is 37.9 Å². The van der Waals surface area contributed by atoms with Crippen LogP contribution < -0.4 is 28.4 Å². The van der Waals surface area contributed by atoms with Crippen LogP contribution in [-0.2, 0) is 27.1 Å². The third kappa shape index (κ3) is 7.91. The average molecular weight is 813 g/mol. The molecule has 5 heterocycles. The van der Waals surface area contributed by atoms with E-state index in [1.165, 1.54) is 11.1 Å². The average Bonchev–Trinajstić information content (AvgIpc) is 3.75. The zero-order valence-corrected chi connectivity index (χ0v) is 35.4. The van der Waals surface area contributed by atoms with Crippen LogP contribution in [0.1, 0.15) is 91.8 Å². The monoisotopic (exact) mass is 812 g/mol. The van der Waals surface area contributed by atoms with Crippen LogP contribution in [0.5, 0.6) is 34.5 Å². The Bertz CT molecular complexity index is 2020. The lowest BCUT2D eigenvalue weighted by Gasteiger charge is -2.49. The summed E-state index contributed by atoms with van der Waals surface area (Å²) < 4.78 is 47.5. The molecule has 1 fully saturated rings. The van der Waals surface area contributed by atoms with Gasteiger partial charge in [-0.3, -0.25) is 9.69 Å². The smallest absolute Gasteiger partial charge is 0.289 e. The molecule has 5 aliphatic rings. The second kappa shape index (κ2) is 17.9. The predicted octanol–water partition coefficient (Wildman–Crippen LogP) is 7.36. The Labute approximate surface area is 348 Å². The number of allylic oxidation sites excluding steroid dienone is 1. The number of benzene rings is 3. The summed E-state index contributed by atoms with van der Waals surface area (Å²) in [6.45, 7) is 7.39. The highest BCUT2D eigenvalue weighted by Gasteiger charge is 2.45. The zero-order valence-electron chi connectivity index (χ0n) is 35.4. The van der Waals surface area contributed by atoms with Crippen LogP contribution in [0.4, 0.5) is 0 Å².